The van der Waals surface area contributed by atoms with Gasteiger partial charge in [-0.2, -0.15) is 0 Å². The predicted octanol–water partition coefficient (Wildman–Crippen LogP) is 4.58. The first-order valence-electron chi connectivity index (χ1n) is 10.00. The second-order valence-corrected chi connectivity index (χ2v) is 6.60. The zero-order chi connectivity index (χ0) is 22.5. The first-order valence-corrected chi connectivity index (χ1v) is 10.00. The largest absolute Gasteiger partial charge is 0.496 e. The Balaban J connectivity index is 1.72. The molecule has 0 fully saturated rings. The molecule has 0 spiro atoms. The quantitative estimate of drug-likeness (QED) is 0.166. The Morgan fingerprint density at radius 2 is 1.65 bits per heavy atom. The summed E-state index contributed by atoms with van der Waals surface area (Å²) in [6.07, 6.45) is 5.91. The monoisotopic (exact) mass is 425 g/mol. The standard InChI is InChI=1S/C24H27NO6/c1-3-23(26)30-15-7-5-4-6-14-29-20-10-8-18(9-11-20)24(27)31-21-12-13-22(28-2)19(16-21)17-25/h3,8-13,16-17,25H,1,4-7,14-15H2,2H3. The van der Waals surface area contributed by atoms with Gasteiger partial charge in [0.1, 0.15) is 17.2 Å². The molecule has 31 heavy (non-hydrogen) atoms. The zero-order valence-corrected chi connectivity index (χ0v) is 17.6. The minimum Gasteiger partial charge on any atom is -0.496 e. The van der Waals surface area contributed by atoms with E-state index < -0.39 is 11.9 Å². The molecule has 0 bridgehead atoms. The van der Waals surface area contributed by atoms with Crippen LogP contribution in [-0.2, 0) is 9.53 Å². The molecule has 2 aromatic rings. The maximum atomic E-state index is 12.3. The van der Waals surface area contributed by atoms with Gasteiger partial charge in [0.05, 0.1) is 25.9 Å². The summed E-state index contributed by atoms with van der Waals surface area (Å²) in [5, 5.41) is 7.41. The first-order chi connectivity index (χ1) is 15.1. The molecule has 2 aromatic carbocycles. The van der Waals surface area contributed by atoms with Gasteiger partial charge in [0, 0.05) is 17.9 Å². The lowest BCUT2D eigenvalue weighted by molar-refractivity contribution is -0.137. The Morgan fingerprint density at radius 1 is 0.968 bits per heavy atom. The summed E-state index contributed by atoms with van der Waals surface area (Å²) >= 11 is 0. The van der Waals surface area contributed by atoms with Crippen molar-refractivity contribution in [3.8, 4) is 17.2 Å². The maximum Gasteiger partial charge on any atom is 0.343 e. The van der Waals surface area contributed by atoms with E-state index in [0.29, 0.717) is 41.6 Å². The molecule has 0 saturated carbocycles. The lowest BCUT2D eigenvalue weighted by atomic mass is 10.2. The van der Waals surface area contributed by atoms with E-state index >= 15 is 0 Å². The van der Waals surface area contributed by atoms with Crippen LogP contribution in [-0.4, -0.2) is 38.5 Å². The van der Waals surface area contributed by atoms with Crippen molar-refractivity contribution in [2.24, 2.45) is 0 Å². The number of benzene rings is 2. The van der Waals surface area contributed by atoms with Crippen molar-refractivity contribution in [2.45, 2.75) is 25.7 Å². The minimum atomic E-state index is -0.496. The highest BCUT2D eigenvalue weighted by atomic mass is 16.5. The lowest BCUT2D eigenvalue weighted by Crippen LogP contribution is -2.09. The van der Waals surface area contributed by atoms with Crippen molar-refractivity contribution in [3.63, 3.8) is 0 Å². The molecule has 0 saturated heterocycles. The van der Waals surface area contributed by atoms with Crippen LogP contribution < -0.4 is 14.2 Å². The molecular weight excluding hydrogens is 398 g/mol. The molecule has 7 heteroatoms. The van der Waals surface area contributed by atoms with Crippen LogP contribution in [0.4, 0.5) is 0 Å². The van der Waals surface area contributed by atoms with Crippen molar-refractivity contribution >= 4 is 18.2 Å². The number of carbonyl (C=O) groups excluding carboxylic acids is 2. The van der Waals surface area contributed by atoms with Gasteiger partial charge in [-0.3, -0.25) is 0 Å². The van der Waals surface area contributed by atoms with Gasteiger partial charge in [-0.1, -0.05) is 6.58 Å². The van der Waals surface area contributed by atoms with E-state index in [0.717, 1.165) is 38.0 Å². The molecule has 0 radical (unpaired) electrons. The Bertz CT molecular complexity index is 891. The fourth-order valence-corrected chi connectivity index (χ4v) is 2.72. The Labute approximate surface area is 182 Å². The first kappa shape index (κ1) is 23.7. The summed E-state index contributed by atoms with van der Waals surface area (Å²) < 4.78 is 21.1. The van der Waals surface area contributed by atoms with Gasteiger partial charge < -0.3 is 24.4 Å². The van der Waals surface area contributed by atoms with Crippen molar-refractivity contribution in [1.29, 1.82) is 5.41 Å². The van der Waals surface area contributed by atoms with E-state index in [1.54, 1.807) is 42.5 Å². The normalized spacial score (nSPS) is 10.1. The van der Waals surface area contributed by atoms with Gasteiger partial charge in [0.25, 0.3) is 0 Å². The summed E-state index contributed by atoms with van der Waals surface area (Å²) in [6, 6.07) is 11.6. The van der Waals surface area contributed by atoms with E-state index in [1.807, 2.05) is 0 Å². The zero-order valence-electron chi connectivity index (χ0n) is 17.6. The van der Waals surface area contributed by atoms with Gasteiger partial charge >= 0.3 is 11.9 Å². The molecule has 7 nitrogen and oxygen atoms in total. The van der Waals surface area contributed by atoms with E-state index in [4.69, 9.17) is 24.4 Å². The van der Waals surface area contributed by atoms with Gasteiger partial charge in [-0.25, -0.2) is 9.59 Å². The number of methoxy groups -OCH3 is 1. The number of ether oxygens (including phenoxy) is 4. The average Bonchev–Trinajstić information content (AvgIpc) is 2.80. The Kier molecular flexibility index (Phi) is 9.81. The molecule has 0 aliphatic heterocycles. The van der Waals surface area contributed by atoms with E-state index in [1.165, 1.54) is 7.11 Å². The maximum absolute atomic E-state index is 12.3. The number of esters is 2. The van der Waals surface area contributed by atoms with Gasteiger partial charge in [0.15, 0.2) is 0 Å². The third-order valence-corrected chi connectivity index (χ3v) is 4.38. The van der Waals surface area contributed by atoms with Crippen LogP contribution in [0, 0.1) is 5.41 Å². The average molecular weight is 425 g/mol. The fourth-order valence-electron chi connectivity index (χ4n) is 2.72. The summed E-state index contributed by atoms with van der Waals surface area (Å²) in [6.45, 7) is 4.32. The highest BCUT2D eigenvalue weighted by Crippen LogP contribution is 2.23. The molecule has 0 atom stereocenters. The smallest absolute Gasteiger partial charge is 0.343 e. The van der Waals surface area contributed by atoms with E-state index in [2.05, 4.69) is 6.58 Å². The predicted molar refractivity (Wildman–Crippen MR) is 117 cm³/mol. The van der Waals surface area contributed by atoms with Crippen molar-refractivity contribution in [3.05, 3.63) is 66.2 Å². The minimum absolute atomic E-state index is 0.337. The van der Waals surface area contributed by atoms with Crippen LogP contribution in [0.15, 0.2) is 55.1 Å². The molecule has 0 heterocycles. The molecule has 0 amide bonds. The van der Waals surface area contributed by atoms with Crippen LogP contribution in [0.3, 0.4) is 0 Å². The van der Waals surface area contributed by atoms with Gasteiger partial charge in [-0.15, -0.1) is 0 Å². The fraction of sp³-hybridized carbons (Fsp3) is 0.292. The summed E-state index contributed by atoms with van der Waals surface area (Å²) in [7, 11) is 1.52. The summed E-state index contributed by atoms with van der Waals surface area (Å²) in [5.41, 5.74) is 0.919. The van der Waals surface area contributed by atoms with Crippen LogP contribution in [0.5, 0.6) is 17.2 Å². The van der Waals surface area contributed by atoms with E-state index in [9.17, 15) is 9.59 Å². The van der Waals surface area contributed by atoms with Crippen LogP contribution in [0.2, 0.25) is 0 Å². The number of carbonyl (C=O) groups is 2. The lowest BCUT2D eigenvalue weighted by Gasteiger charge is -2.09. The number of hydrogen-bond donors (Lipinski definition) is 1. The number of hydrogen-bond acceptors (Lipinski definition) is 7. The van der Waals surface area contributed by atoms with Crippen molar-refractivity contribution in [2.75, 3.05) is 20.3 Å². The molecule has 1 N–H and O–H groups in total. The number of nitrogens with one attached hydrogen (secondary N) is 1. The second-order valence-electron chi connectivity index (χ2n) is 6.60. The van der Waals surface area contributed by atoms with Crippen molar-refractivity contribution < 1.29 is 28.5 Å². The molecule has 164 valence electrons. The van der Waals surface area contributed by atoms with Crippen LogP contribution in [0.25, 0.3) is 0 Å². The highest BCUT2D eigenvalue weighted by Gasteiger charge is 2.11. The molecule has 0 aliphatic rings. The third-order valence-electron chi connectivity index (χ3n) is 4.38. The third kappa shape index (κ3) is 7.97. The molecular formula is C24H27NO6. The Morgan fingerprint density at radius 3 is 2.29 bits per heavy atom. The SMILES string of the molecule is C=CC(=O)OCCCCCCOc1ccc(C(=O)Oc2ccc(OC)c(C=N)c2)cc1. The Hall–Kier alpha value is -3.61. The highest BCUT2D eigenvalue weighted by molar-refractivity contribution is 5.91. The van der Waals surface area contributed by atoms with Gasteiger partial charge in [-0.05, 0) is 68.1 Å². The van der Waals surface area contributed by atoms with Gasteiger partial charge in [0.2, 0.25) is 0 Å². The molecule has 2 rings (SSSR count). The molecule has 0 unspecified atom stereocenters. The number of unbranched alkanes of at least 4 members (excludes halogenated alkanes) is 3. The second kappa shape index (κ2) is 12.8. The van der Waals surface area contributed by atoms with E-state index in [-0.39, 0.29) is 0 Å². The summed E-state index contributed by atoms with van der Waals surface area (Å²) in [5.74, 6) is 0.656. The number of rotatable bonds is 13. The van der Waals surface area contributed by atoms with Crippen LogP contribution in [0.1, 0.15) is 41.6 Å². The summed E-state index contributed by atoms with van der Waals surface area (Å²) in [4.78, 5) is 23.2. The topological polar surface area (TPSA) is 94.9 Å². The molecule has 0 aromatic heterocycles. The van der Waals surface area contributed by atoms with Crippen molar-refractivity contribution in [1.82, 2.24) is 0 Å². The van der Waals surface area contributed by atoms with Crippen LogP contribution >= 0.6 is 0 Å². The molecule has 0 aliphatic carbocycles.